The number of aromatic nitrogens is 2. The smallest absolute Gasteiger partial charge is 0.276 e. The van der Waals surface area contributed by atoms with Gasteiger partial charge in [0.1, 0.15) is 29.7 Å². The van der Waals surface area contributed by atoms with E-state index in [0.29, 0.717) is 18.9 Å². The summed E-state index contributed by atoms with van der Waals surface area (Å²) in [5.74, 6) is -1.69. The second-order valence-corrected chi connectivity index (χ2v) is 8.22. The van der Waals surface area contributed by atoms with Gasteiger partial charge in [-0.2, -0.15) is 5.10 Å². The van der Waals surface area contributed by atoms with Crippen molar-refractivity contribution in [3.05, 3.63) is 111 Å². The predicted octanol–water partition coefficient (Wildman–Crippen LogP) is 5.65. The molecule has 0 bridgehead atoms. The zero-order valence-electron chi connectivity index (χ0n) is 16.8. The Morgan fingerprint density at radius 1 is 0.969 bits per heavy atom. The Morgan fingerprint density at radius 3 is 2.44 bits per heavy atom. The normalized spacial score (nSPS) is 10.7. The van der Waals surface area contributed by atoms with E-state index in [-0.39, 0.29) is 5.69 Å². The van der Waals surface area contributed by atoms with Gasteiger partial charge < -0.3 is 10.1 Å². The average Bonchev–Trinajstić information content (AvgIpc) is 3.25. The first-order valence-electron chi connectivity index (χ1n) is 9.73. The lowest BCUT2D eigenvalue weighted by Gasteiger charge is -2.12. The first kappa shape index (κ1) is 21.9. The fraction of sp³-hybridized carbons (Fsp3) is 0.0833. The van der Waals surface area contributed by atoms with Gasteiger partial charge in [-0.15, -0.1) is 0 Å². The third kappa shape index (κ3) is 5.31. The lowest BCUT2D eigenvalue weighted by atomic mass is 10.2. The molecule has 8 heteroatoms. The van der Waals surface area contributed by atoms with Gasteiger partial charge in [0, 0.05) is 15.3 Å². The van der Waals surface area contributed by atoms with Gasteiger partial charge >= 0.3 is 0 Å². The molecule has 32 heavy (non-hydrogen) atoms. The minimum Gasteiger partial charge on any atom is -0.489 e. The van der Waals surface area contributed by atoms with Crippen LogP contribution in [-0.2, 0) is 13.2 Å². The van der Waals surface area contributed by atoms with Crippen LogP contribution < -0.4 is 10.1 Å². The highest BCUT2D eigenvalue weighted by Crippen LogP contribution is 2.22. The van der Waals surface area contributed by atoms with Gasteiger partial charge in [0.25, 0.3) is 5.91 Å². The molecule has 0 saturated carbocycles. The highest BCUT2D eigenvalue weighted by Gasteiger charge is 2.16. The first-order valence-corrected chi connectivity index (χ1v) is 10.8. The monoisotopic (exact) mass is 545 g/mol. The van der Waals surface area contributed by atoms with E-state index in [1.165, 1.54) is 12.1 Å². The zero-order chi connectivity index (χ0) is 22.5. The molecule has 1 aromatic heterocycles. The van der Waals surface area contributed by atoms with Crippen LogP contribution >= 0.6 is 22.6 Å². The number of nitrogens with zero attached hydrogens (tertiary/aromatic N) is 2. The Morgan fingerprint density at radius 2 is 1.69 bits per heavy atom. The Kier molecular flexibility index (Phi) is 6.79. The summed E-state index contributed by atoms with van der Waals surface area (Å²) in [4.78, 5) is 12.4. The van der Waals surface area contributed by atoms with E-state index in [0.717, 1.165) is 26.8 Å². The lowest BCUT2D eigenvalue weighted by molar-refractivity contribution is 0.102. The van der Waals surface area contributed by atoms with Crippen molar-refractivity contribution in [2.24, 2.45) is 0 Å². The van der Waals surface area contributed by atoms with Gasteiger partial charge in [-0.1, -0.05) is 36.4 Å². The molecule has 1 amide bonds. The molecule has 5 nitrogen and oxygen atoms in total. The number of carbonyl (C=O) groups excluding carboxylic acids is 1. The number of rotatable bonds is 7. The summed E-state index contributed by atoms with van der Waals surface area (Å²) in [5.41, 5.74) is 1.48. The predicted molar refractivity (Wildman–Crippen MR) is 126 cm³/mol. The Balaban J connectivity index is 1.44. The van der Waals surface area contributed by atoms with E-state index in [2.05, 4.69) is 33.0 Å². The minimum absolute atomic E-state index is 0.0462. The zero-order valence-corrected chi connectivity index (χ0v) is 18.9. The lowest BCUT2D eigenvalue weighted by Crippen LogP contribution is -2.15. The molecule has 0 aliphatic carbocycles. The van der Waals surface area contributed by atoms with Crippen LogP contribution in [0.25, 0.3) is 0 Å². The number of ether oxygens (including phenoxy) is 1. The Bertz CT molecular complexity index is 1220. The van der Waals surface area contributed by atoms with Gasteiger partial charge in [0.15, 0.2) is 5.69 Å². The molecule has 0 aliphatic heterocycles. The number of benzene rings is 3. The van der Waals surface area contributed by atoms with Crippen molar-refractivity contribution in [1.82, 2.24) is 9.78 Å². The van der Waals surface area contributed by atoms with Crippen LogP contribution in [0.1, 0.15) is 21.6 Å². The number of anilines is 1. The second kappa shape index (κ2) is 9.90. The molecule has 3 aromatic carbocycles. The number of carbonyl (C=O) groups is 1. The van der Waals surface area contributed by atoms with E-state index >= 15 is 0 Å². The van der Waals surface area contributed by atoms with Gasteiger partial charge in [-0.25, -0.2) is 8.78 Å². The number of hydrogen-bond acceptors (Lipinski definition) is 3. The number of halogens is 3. The molecule has 0 fully saturated rings. The molecule has 4 aromatic rings. The summed E-state index contributed by atoms with van der Waals surface area (Å²) in [6, 6.07) is 20.5. The fourth-order valence-corrected chi connectivity index (χ4v) is 3.42. The summed E-state index contributed by atoms with van der Waals surface area (Å²) in [6.45, 7) is 0.791. The molecule has 0 saturated heterocycles. The molecule has 1 N–H and O–H groups in total. The van der Waals surface area contributed by atoms with Gasteiger partial charge in [0.05, 0.1) is 6.54 Å². The van der Waals surface area contributed by atoms with Crippen LogP contribution in [0.5, 0.6) is 5.75 Å². The molecule has 162 valence electrons. The maximum atomic E-state index is 13.8. The third-order valence-corrected chi connectivity index (χ3v) is 5.41. The Labute approximate surface area is 197 Å². The summed E-state index contributed by atoms with van der Waals surface area (Å²) < 4.78 is 36.3. The fourth-order valence-electron chi connectivity index (χ4n) is 3.06. The number of amides is 1. The molecule has 1 heterocycles. The second-order valence-electron chi connectivity index (χ2n) is 6.97. The van der Waals surface area contributed by atoms with Crippen molar-refractivity contribution in [2.45, 2.75) is 13.2 Å². The molecule has 0 aliphatic rings. The van der Waals surface area contributed by atoms with E-state index in [4.69, 9.17) is 4.74 Å². The van der Waals surface area contributed by atoms with Crippen molar-refractivity contribution in [2.75, 3.05) is 5.32 Å². The van der Waals surface area contributed by atoms with Crippen LogP contribution in [0.3, 0.4) is 0 Å². The summed E-state index contributed by atoms with van der Waals surface area (Å²) in [7, 11) is 0. The molecule has 0 radical (unpaired) electrons. The van der Waals surface area contributed by atoms with E-state index in [1.807, 2.05) is 48.5 Å². The summed E-state index contributed by atoms with van der Waals surface area (Å²) in [6.07, 6.45) is 1.63. The van der Waals surface area contributed by atoms with Crippen LogP contribution in [0, 0.1) is 15.2 Å². The van der Waals surface area contributed by atoms with Crippen LogP contribution in [0.2, 0.25) is 0 Å². The third-order valence-electron chi connectivity index (χ3n) is 4.69. The maximum absolute atomic E-state index is 13.8. The minimum atomic E-state index is -0.850. The van der Waals surface area contributed by atoms with Crippen molar-refractivity contribution in [3.8, 4) is 5.75 Å². The molecule has 4 rings (SSSR count). The van der Waals surface area contributed by atoms with Crippen LogP contribution in [0.15, 0.2) is 79.0 Å². The van der Waals surface area contributed by atoms with Crippen molar-refractivity contribution in [3.63, 3.8) is 0 Å². The number of para-hydroxylation sites is 2. The average molecular weight is 545 g/mol. The van der Waals surface area contributed by atoms with E-state index in [9.17, 15) is 13.6 Å². The van der Waals surface area contributed by atoms with Crippen molar-refractivity contribution >= 4 is 34.2 Å². The molecule has 0 unspecified atom stereocenters. The van der Waals surface area contributed by atoms with Gasteiger partial charge in [-0.05, 0) is 64.6 Å². The van der Waals surface area contributed by atoms with Crippen LogP contribution in [0.4, 0.5) is 14.5 Å². The summed E-state index contributed by atoms with van der Waals surface area (Å²) in [5, 5.41) is 6.47. The number of hydrogen-bond donors (Lipinski definition) is 1. The standard InChI is InChI=1S/C24H18F2IN3O2/c25-19-5-3-6-20(26)23(19)28-24(31)21-12-13-30(29-21)14-17-4-1-2-7-22(17)32-15-16-8-10-18(27)11-9-16/h1-13H,14-15H2,(H,28,31). The molecule has 0 atom stereocenters. The van der Waals surface area contributed by atoms with Crippen molar-refractivity contribution < 1.29 is 18.3 Å². The Hall–Kier alpha value is -3.27. The summed E-state index contributed by atoms with van der Waals surface area (Å²) >= 11 is 2.25. The van der Waals surface area contributed by atoms with Gasteiger partial charge in [-0.3, -0.25) is 9.48 Å². The molecule has 0 spiro atoms. The van der Waals surface area contributed by atoms with E-state index in [1.54, 1.807) is 10.9 Å². The maximum Gasteiger partial charge on any atom is 0.276 e. The molecular formula is C24H18F2IN3O2. The largest absolute Gasteiger partial charge is 0.489 e. The SMILES string of the molecule is O=C(Nc1c(F)cccc1F)c1ccn(Cc2ccccc2OCc2ccc(I)cc2)n1. The number of nitrogens with one attached hydrogen (secondary N) is 1. The van der Waals surface area contributed by atoms with E-state index < -0.39 is 23.2 Å². The van der Waals surface area contributed by atoms with Gasteiger partial charge in [0.2, 0.25) is 0 Å². The van der Waals surface area contributed by atoms with Crippen molar-refractivity contribution in [1.29, 1.82) is 0 Å². The van der Waals surface area contributed by atoms with Crippen LogP contribution in [-0.4, -0.2) is 15.7 Å². The topological polar surface area (TPSA) is 56.2 Å². The highest BCUT2D eigenvalue weighted by atomic mass is 127. The quantitative estimate of drug-likeness (QED) is 0.306. The highest BCUT2D eigenvalue weighted by molar-refractivity contribution is 14.1. The molecular weight excluding hydrogens is 527 g/mol. The first-order chi connectivity index (χ1) is 15.5.